The van der Waals surface area contributed by atoms with Gasteiger partial charge < -0.3 is 15.6 Å². The van der Waals surface area contributed by atoms with Crippen molar-refractivity contribution in [3.63, 3.8) is 0 Å². The van der Waals surface area contributed by atoms with Crippen molar-refractivity contribution in [2.75, 3.05) is 6.61 Å². The number of aryl methyl sites for hydroxylation is 2. The molecule has 1 rings (SSSR count). The number of hydrogen-bond acceptors (Lipinski definition) is 3. The van der Waals surface area contributed by atoms with Crippen LogP contribution in [0.15, 0.2) is 18.2 Å². The summed E-state index contributed by atoms with van der Waals surface area (Å²) in [6.07, 6.45) is -0.0950. The molecule has 104 valence electrons. The minimum Gasteiger partial charge on any atom is -0.493 e. The van der Waals surface area contributed by atoms with E-state index < -0.39 is 6.23 Å². The van der Waals surface area contributed by atoms with Crippen LogP contribution in [0.1, 0.15) is 31.4 Å². The van der Waals surface area contributed by atoms with Crippen LogP contribution in [-0.4, -0.2) is 17.9 Å². The summed E-state index contributed by atoms with van der Waals surface area (Å²) in [6.45, 7) is 8.50. The molecule has 18 heavy (non-hydrogen) atoms. The Morgan fingerprint density at radius 2 is 1.78 bits per heavy atom. The van der Waals surface area contributed by atoms with Gasteiger partial charge >= 0.3 is 0 Å². The lowest BCUT2D eigenvalue weighted by Gasteiger charge is -2.27. The average Bonchev–Trinajstić information content (AvgIpc) is 2.22. The third kappa shape index (κ3) is 4.48. The maximum atomic E-state index is 9.41. The lowest BCUT2D eigenvalue weighted by molar-refractivity contribution is 0.0392. The summed E-state index contributed by atoms with van der Waals surface area (Å²) >= 11 is 0. The number of rotatable bonds is 5. The summed E-state index contributed by atoms with van der Waals surface area (Å²) in [7, 11) is 0. The standard InChI is InChI=1S/C14H23NO2.ClH/c1-10-6-5-7-11(2)12(10)17-9-8-14(3,4)13(15)16;/h5-7,13,16H,8-9,15H2,1-4H3;1H. The molecule has 3 nitrogen and oxygen atoms in total. The van der Waals surface area contributed by atoms with Gasteiger partial charge in [-0.2, -0.15) is 0 Å². The Balaban J connectivity index is 0.00000289. The van der Waals surface area contributed by atoms with Crippen molar-refractivity contribution in [1.29, 1.82) is 0 Å². The quantitative estimate of drug-likeness (QED) is 0.811. The van der Waals surface area contributed by atoms with E-state index in [4.69, 9.17) is 10.5 Å². The number of para-hydroxylation sites is 1. The highest BCUT2D eigenvalue weighted by Gasteiger charge is 2.24. The van der Waals surface area contributed by atoms with Crippen molar-refractivity contribution in [2.45, 2.75) is 40.3 Å². The van der Waals surface area contributed by atoms with E-state index in [0.717, 1.165) is 23.3 Å². The molecule has 0 aliphatic carbocycles. The molecule has 0 amide bonds. The van der Waals surface area contributed by atoms with Gasteiger partial charge in [0.15, 0.2) is 0 Å². The van der Waals surface area contributed by atoms with Crippen LogP contribution in [0.2, 0.25) is 0 Å². The highest BCUT2D eigenvalue weighted by molar-refractivity contribution is 5.85. The Morgan fingerprint density at radius 3 is 2.22 bits per heavy atom. The Morgan fingerprint density at radius 1 is 1.28 bits per heavy atom. The van der Waals surface area contributed by atoms with E-state index in [1.54, 1.807) is 0 Å². The first-order valence-corrected chi connectivity index (χ1v) is 5.97. The fraction of sp³-hybridized carbons (Fsp3) is 0.571. The first kappa shape index (κ1) is 17.2. The highest BCUT2D eigenvalue weighted by atomic mass is 35.5. The van der Waals surface area contributed by atoms with E-state index in [0.29, 0.717) is 6.61 Å². The zero-order chi connectivity index (χ0) is 13.1. The van der Waals surface area contributed by atoms with Gasteiger partial charge in [0.1, 0.15) is 12.0 Å². The molecule has 1 aromatic carbocycles. The molecule has 0 heterocycles. The number of ether oxygens (including phenoxy) is 1. The maximum Gasteiger partial charge on any atom is 0.125 e. The summed E-state index contributed by atoms with van der Waals surface area (Å²) in [5.74, 6) is 0.940. The van der Waals surface area contributed by atoms with Crippen molar-refractivity contribution in [2.24, 2.45) is 11.1 Å². The number of aliphatic hydroxyl groups is 1. The van der Waals surface area contributed by atoms with Gasteiger partial charge in [0, 0.05) is 5.41 Å². The monoisotopic (exact) mass is 273 g/mol. The maximum absolute atomic E-state index is 9.41. The topological polar surface area (TPSA) is 55.5 Å². The largest absolute Gasteiger partial charge is 0.493 e. The molecule has 0 saturated carbocycles. The van der Waals surface area contributed by atoms with Crippen LogP contribution >= 0.6 is 12.4 Å². The number of aliphatic hydroxyl groups excluding tert-OH is 1. The summed E-state index contributed by atoms with van der Waals surface area (Å²) < 4.78 is 5.79. The SMILES string of the molecule is Cc1cccc(C)c1OCCC(C)(C)C(N)O.Cl. The Kier molecular flexibility index (Phi) is 6.68. The second kappa shape index (κ2) is 6.98. The molecule has 0 bridgehead atoms. The number of halogens is 1. The zero-order valence-corrected chi connectivity index (χ0v) is 12.4. The Hall–Kier alpha value is -0.770. The van der Waals surface area contributed by atoms with E-state index in [2.05, 4.69) is 0 Å². The summed E-state index contributed by atoms with van der Waals surface area (Å²) in [4.78, 5) is 0. The smallest absolute Gasteiger partial charge is 0.125 e. The average molecular weight is 274 g/mol. The zero-order valence-electron chi connectivity index (χ0n) is 11.6. The molecule has 0 aliphatic rings. The van der Waals surface area contributed by atoms with Gasteiger partial charge in [0.05, 0.1) is 6.61 Å². The minimum absolute atomic E-state index is 0. The van der Waals surface area contributed by atoms with Gasteiger partial charge in [-0.25, -0.2) is 0 Å². The van der Waals surface area contributed by atoms with Crippen LogP contribution in [-0.2, 0) is 0 Å². The van der Waals surface area contributed by atoms with Gasteiger partial charge in [-0.1, -0.05) is 32.0 Å². The van der Waals surface area contributed by atoms with Crippen LogP contribution < -0.4 is 10.5 Å². The Bertz CT molecular complexity index is 358. The van der Waals surface area contributed by atoms with Gasteiger partial charge in [0.2, 0.25) is 0 Å². The molecule has 1 atom stereocenters. The van der Waals surface area contributed by atoms with Crippen molar-refractivity contribution >= 4 is 12.4 Å². The van der Waals surface area contributed by atoms with Crippen LogP contribution in [0.5, 0.6) is 5.75 Å². The number of nitrogens with two attached hydrogens (primary N) is 1. The molecule has 3 N–H and O–H groups in total. The van der Waals surface area contributed by atoms with Crippen LogP contribution in [0.25, 0.3) is 0 Å². The second-order valence-corrected chi connectivity index (χ2v) is 5.25. The summed E-state index contributed by atoms with van der Waals surface area (Å²) in [5, 5.41) is 9.41. The fourth-order valence-electron chi connectivity index (χ4n) is 1.59. The van der Waals surface area contributed by atoms with E-state index in [9.17, 15) is 5.11 Å². The molecule has 0 fully saturated rings. The van der Waals surface area contributed by atoms with Crippen LogP contribution in [0.3, 0.4) is 0 Å². The number of hydrogen-bond donors (Lipinski definition) is 2. The Labute approximate surface area is 116 Å². The molecule has 0 radical (unpaired) electrons. The molecular weight excluding hydrogens is 250 g/mol. The summed E-state index contributed by atoms with van der Waals surface area (Å²) in [6, 6.07) is 6.08. The van der Waals surface area contributed by atoms with Crippen molar-refractivity contribution in [1.82, 2.24) is 0 Å². The lowest BCUT2D eigenvalue weighted by Crippen LogP contribution is -2.38. The fourth-order valence-corrected chi connectivity index (χ4v) is 1.59. The third-order valence-corrected chi connectivity index (χ3v) is 3.20. The molecule has 0 aliphatic heterocycles. The van der Waals surface area contributed by atoms with E-state index >= 15 is 0 Å². The lowest BCUT2D eigenvalue weighted by atomic mass is 9.88. The molecule has 0 aromatic heterocycles. The van der Waals surface area contributed by atoms with Crippen molar-refractivity contribution < 1.29 is 9.84 Å². The molecule has 0 saturated heterocycles. The van der Waals surface area contributed by atoms with Crippen molar-refractivity contribution in [3.8, 4) is 5.75 Å². The van der Waals surface area contributed by atoms with Crippen molar-refractivity contribution in [3.05, 3.63) is 29.3 Å². The molecule has 0 spiro atoms. The highest BCUT2D eigenvalue weighted by Crippen LogP contribution is 2.26. The number of benzene rings is 1. The van der Waals surface area contributed by atoms with Gasteiger partial charge in [0.25, 0.3) is 0 Å². The van der Waals surface area contributed by atoms with Gasteiger partial charge in [-0.15, -0.1) is 12.4 Å². The molecule has 1 aromatic rings. The van der Waals surface area contributed by atoms with Gasteiger partial charge in [-0.3, -0.25) is 0 Å². The van der Waals surface area contributed by atoms with E-state index in [1.165, 1.54) is 0 Å². The normalized spacial score (nSPS) is 12.8. The molecule has 1 unspecified atom stereocenters. The first-order valence-electron chi connectivity index (χ1n) is 5.97. The summed E-state index contributed by atoms with van der Waals surface area (Å²) in [5.41, 5.74) is 7.46. The van der Waals surface area contributed by atoms with Gasteiger partial charge in [-0.05, 0) is 31.4 Å². The van der Waals surface area contributed by atoms with Crippen LogP contribution in [0, 0.1) is 19.3 Å². The predicted octanol–water partition coefficient (Wildman–Crippen LogP) is 2.80. The first-order chi connectivity index (χ1) is 7.84. The molecular formula is C14H24ClNO2. The predicted molar refractivity (Wildman–Crippen MR) is 77.3 cm³/mol. The van der Waals surface area contributed by atoms with E-state index in [1.807, 2.05) is 45.9 Å². The van der Waals surface area contributed by atoms with Crippen LogP contribution in [0.4, 0.5) is 0 Å². The molecule has 4 heteroatoms. The third-order valence-electron chi connectivity index (χ3n) is 3.20. The minimum atomic E-state index is -0.816. The van der Waals surface area contributed by atoms with E-state index in [-0.39, 0.29) is 17.8 Å². The second-order valence-electron chi connectivity index (χ2n) is 5.25.